The minimum atomic E-state index is 0.928. The number of rotatable bonds is 2. The van der Waals surface area contributed by atoms with Crippen LogP contribution in [-0.2, 0) is 6.54 Å². The topological polar surface area (TPSA) is 14.2 Å². The van der Waals surface area contributed by atoms with Crippen molar-refractivity contribution in [2.75, 3.05) is 7.11 Å². The fourth-order valence-corrected chi connectivity index (χ4v) is 0.845. The van der Waals surface area contributed by atoms with Crippen LogP contribution in [0, 0.1) is 0 Å². The second-order valence-corrected chi connectivity index (χ2v) is 1.84. The van der Waals surface area contributed by atoms with Crippen LogP contribution in [-0.4, -0.2) is 11.7 Å². The molecule has 0 saturated carbocycles. The van der Waals surface area contributed by atoms with Gasteiger partial charge in [0.1, 0.15) is 0 Å². The summed E-state index contributed by atoms with van der Waals surface area (Å²) in [6, 6.07) is 3.92. The van der Waals surface area contributed by atoms with Crippen LogP contribution in [0.15, 0.2) is 18.3 Å². The molecule has 2 heteroatoms. The number of hydrogen-bond acceptors (Lipinski definition) is 1. The van der Waals surface area contributed by atoms with E-state index in [1.54, 1.807) is 7.11 Å². The Morgan fingerprint density at radius 3 is 2.89 bits per heavy atom. The van der Waals surface area contributed by atoms with Gasteiger partial charge >= 0.3 is 0 Å². The zero-order chi connectivity index (χ0) is 6.69. The van der Waals surface area contributed by atoms with E-state index in [9.17, 15) is 0 Å². The lowest BCUT2D eigenvalue weighted by Crippen LogP contribution is -1.94. The van der Waals surface area contributed by atoms with Crippen LogP contribution >= 0.6 is 0 Å². The number of aromatic nitrogens is 1. The lowest BCUT2D eigenvalue weighted by Gasteiger charge is -2.02. The maximum absolute atomic E-state index is 5.04. The molecular weight excluding hydrogens is 114 g/mol. The molecule has 0 aliphatic carbocycles. The Kier molecular flexibility index (Phi) is 1.78. The predicted octanol–water partition coefficient (Wildman–Crippen LogP) is 1.52. The quantitative estimate of drug-likeness (QED) is 0.584. The Morgan fingerprint density at radius 1 is 1.67 bits per heavy atom. The lowest BCUT2D eigenvalue weighted by atomic mass is 10.6. The van der Waals surface area contributed by atoms with Crippen LogP contribution in [0.4, 0.5) is 0 Å². The van der Waals surface area contributed by atoms with Gasteiger partial charge in [0.25, 0.3) is 0 Å². The van der Waals surface area contributed by atoms with Gasteiger partial charge in [0.05, 0.1) is 7.11 Å². The molecule has 0 spiro atoms. The van der Waals surface area contributed by atoms with Crippen LogP contribution in [0.1, 0.15) is 6.92 Å². The molecule has 0 radical (unpaired) electrons. The Bertz CT molecular complexity index is 162. The molecule has 1 aromatic heterocycles. The molecule has 0 fully saturated rings. The van der Waals surface area contributed by atoms with E-state index in [4.69, 9.17) is 4.74 Å². The third-order valence-corrected chi connectivity index (χ3v) is 1.34. The summed E-state index contributed by atoms with van der Waals surface area (Å²) in [6.45, 7) is 3.05. The number of methoxy groups -OCH3 is 1. The number of hydrogen-bond donors (Lipinski definition) is 0. The molecule has 0 aliphatic heterocycles. The Balaban J connectivity index is 2.85. The molecule has 0 atom stereocenters. The second kappa shape index (κ2) is 2.58. The first-order valence-electron chi connectivity index (χ1n) is 3.07. The highest BCUT2D eigenvalue weighted by Crippen LogP contribution is 2.09. The van der Waals surface area contributed by atoms with Crippen molar-refractivity contribution >= 4 is 0 Å². The molecule has 0 unspecified atom stereocenters. The van der Waals surface area contributed by atoms with Crippen LogP contribution in [0.3, 0.4) is 0 Å². The van der Waals surface area contributed by atoms with Gasteiger partial charge in [-0.25, -0.2) is 0 Å². The third-order valence-electron chi connectivity index (χ3n) is 1.34. The summed E-state index contributed by atoms with van der Waals surface area (Å²) < 4.78 is 7.08. The highest BCUT2D eigenvalue weighted by atomic mass is 16.5. The molecule has 0 saturated heterocycles. The highest BCUT2D eigenvalue weighted by molar-refractivity contribution is 5.12. The van der Waals surface area contributed by atoms with E-state index < -0.39 is 0 Å². The fourth-order valence-electron chi connectivity index (χ4n) is 0.845. The van der Waals surface area contributed by atoms with E-state index in [2.05, 4.69) is 6.92 Å². The molecule has 0 N–H and O–H groups in total. The molecule has 0 aromatic carbocycles. The number of nitrogens with zero attached hydrogens (tertiary/aromatic N) is 1. The van der Waals surface area contributed by atoms with Crippen molar-refractivity contribution < 1.29 is 4.74 Å². The van der Waals surface area contributed by atoms with Crippen molar-refractivity contribution in [2.45, 2.75) is 13.5 Å². The monoisotopic (exact) mass is 125 g/mol. The van der Waals surface area contributed by atoms with Gasteiger partial charge in [-0.15, -0.1) is 0 Å². The normalized spacial score (nSPS) is 9.56. The van der Waals surface area contributed by atoms with Crippen molar-refractivity contribution in [3.05, 3.63) is 18.3 Å². The molecule has 2 nitrogen and oxygen atoms in total. The number of ether oxygens (including phenoxy) is 1. The first-order chi connectivity index (χ1) is 4.38. The molecule has 0 aliphatic rings. The summed E-state index contributed by atoms with van der Waals surface area (Å²) in [6.07, 6.45) is 2.00. The summed E-state index contributed by atoms with van der Waals surface area (Å²) in [5.74, 6) is 0.928. The first-order valence-corrected chi connectivity index (χ1v) is 3.07. The van der Waals surface area contributed by atoms with E-state index >= 15 is 0 Å². The van der Waals surface area contributed by atoms with Crippen LogP contribution in [0.2, 0.25) is 0 Å². The average molecular weight is 125 g/mol. The summed E-state index contributed by atoms with van der Waals surface area (Å²) >= 11 is 0. The largest absolute Gasteiger partial charge is 0.482 e. The summed E-state index contributed by atoms with van der Waals surface area (Å²) in [4.78, 5) is 0. The Labute approximate surface area is 55.1 Å². The lowest BCUT2D eigenvalue weighted by molar-refractivity contribution is 0.375. The molecule has 1 aromatic rings. The molecule has 50 valence electrons. The van der Waals surface area contributed by atoms with Gasteiger partial charge in [-0.05, 0) is 19.1 Å². The Hall–Kier alpha value is -0.920. The van der Waals surface area contributed by atoms with Gasteiger partial charge in [-0.1, -0.05) is 0 Å². The molecule has 9 heavy (non-hydrogen) atoms. The van der Waals surface area contributed by atoms with E-state index in [-0.39, 0.29) is 0 Å². The minimum absolute atomic E-state index is 0.928. The van der Waals surface area contributed by atoms with Crippen LogP contribution in [0.5, 0.6) is 5.88 Å². The molecule has 0 amide bonds. The van der Waals surface area contributed by atoms with E-state index in [0.717, 1.165) is 12.4 Å². The summed E-state index contributed by atoms with van der Waals surface area (Å²) in [5.41, 5.74) is 0. The standard InChI is InChI=1S/C7H11NO/c1-3-8-6-4-5-7(8)9-2/h4-6H,3H2,1-2H3. The molecule has 1 heterocycles. The third kappa shape index (κ3) is 1.07. The zero-order valence-corrected chi connectivity index (χ0v) is 5.79. The van der Waals surface area contributed by atoms with E-state index in [1.807, 2.05) is 22.9 Å². The van der Waals surface area contributed by atoms with Crippen molar-refractivity contribution in [2.24, 2.45) is 0 Å². The zero-order valence-electron chi connectivity index (χ0n) is 5.79. The van der Waals surface area contributed by atoms with Crippen molar-refractivity contribution in [3.8, 4) is 5.88 Å². The molecule has 1 rings (SSSR count). The summed E-state index contributed by atoms with van der Waals surface area (Å²) in [7, 11) is 1.68. The van der Waals surface area contributed by atoms with Gasteiger partial charge in [0.2, 0.25) is 0 Å². The SMILES string of the molecule is CCn1cccc1OC. The molecular formula is C7H11NO. The van der Waals surface area contributed by atoms with Crippen molar-refractivity contribution in [3.63, 3.8) is 0 Å². The van der Waals surface area contributed by atoms with E-state index in [1.165, 1.54) is 0 Å². The van der Waals surface area contributed by atoms with Gasteiger partial charge in [-0.3, -0.25) is 0 Å². The maximum Gasteiger partial charge on any atom is 0.193 e. The van der Waals surface area contributed by atoms with Crippen molar-refractivity contribution in [1.82, 2.24) is 4.57 Å². The van der Waals surface area contributed by atoms with Gasteiger partial charge < -0.3 is 9.30 Å². The molecule has 0 bridgehead atoms. The van der Waals surface area contributed by atoms with Crippen LogP contribution in [0.25, 0.3) is 0 Å². The average Bonchev–Trinajstić information content (AvgIpc) is 2.33. The smallest absolute Gasteiger partial charge is 0.193 e. The van der Waals surface area contributed by atoms with Crippen LogP contribution < -0.4 is 4.74 Å². The van der Waals surface area contributed by atoms with Gasteiger partial charge in [0.15, 0.2) is 5.88 Å². The fraction of sp³-hybridized carbons (Fsp3) is 0.429. The van der Waals surface area contributed by atoms with Crippen molar-refractivity contribution in [1.29, 1.82) is 0 Å². The maximum atomic E-state index is 5.04. The minimum Gasteiger partial charge on any atom is -0.482 e. The summed E-state index contributed by atoms with van der Waals surface area (Å²) in [5, 5.41) is 0. The Morgan fingerprint density at radius 2 is 2.44 bits per heavy atom. The first kappa shape index (κ1) is 6.20. The number of aryl methyl sites for hydroxylation is 1. The second-order valence-electron chi connectivity index (χ2n) is 1.84. The van der Waals surface area contributed by atoms with E-state index in [0.29, 0.717) is 0 Å². The van der Waals surface area contributed by atoms with Gasteiger partial charge in [-0.2, -0.15) is 0 Å². The predicted molar refractivity (Wildman–Crippen MR) is 36.7 cm³/mol. The highest BCUT2D eigenvalue weighted by Gasteiger charge is 1.93. The van der Waals surface area contributed by atoms with Gasteiger partial charge in [0, 0.05) is 12.7 Å².